The van der Waals surface area contributed by atoms with E-state index in [0.29, 0.717) is 0 Å². The molecule has 1 aliphatic rings. The number of carbonyl (C=O) groups is 2. The van der Waals surface area contributed by atoms with Crippen molar-refractivity contribution in [2.45, 2.75) is 24.6 Å². The van der Waals surface area contributed by atoms with E-state index in [1.54, 1.807) is 0 Å². The maximum atomic E-state index is 12.0. The summed E-state index contributed by atoms with van der Waals surface area (Å²) in [6.07, 6.45) is -4.89. The summed E-state index contributed by atoms with van der Waals surface area (Å²) in [5.74, 6) is -3.79. The molecular weight excluding hydrogens is 231 g/mol. The number of aliphatic carboxylic acids is 1. The molecule has 1 amide bonds. The van der Waals surface area contributed by atoms with E-state index in [9.17, 15) is 22.8 Å². The van der Waals surface area contributed by atoms with Gasteiger partial charge in [-0.3, -0.25) is 4.79 Å². The maximum absolute atomic E-state index is 12.0. The van der Waals surface area contributed by atoms with Crippen molar-refractivity contribution in [2.24, 2.45) is 0 Å². The molecule has 0 saturated carbocycles. The van der Waals surface area contributed by atoms with Gasteiger partial charge in [-0.2, -0.15) is 13.2 Å². The molecule has 0 aliphatic carbocycles. The maximum Gasteiger partial charge on any atom is 0.471 e. The van der Waals surface area contributed by atoms with Gasteiger partial charge in [-0.15, -0.1) is 0 Å². The fraction of sp³-hybridized carbons (Fsp3) is 0.750. The first-order valence-electron chi connectivity index (χ1n) is 4.48. The van der Waals surface area contributed by atoms with Crippen LogP contribution in [-0.4, -0.2) is 41.9 Å². The first-order chi connectivity index (χ1) is 7.28. The van der Waals surface area contributed by atoms with Crippen LogP contribution in [0.25, 0.3) is 0 Å². The number of carbonyl (C=O) groups excluding carboxylic acids is 1. The van der Waals surface area contributed by atoms with Crippen LogP contribution < -0.4 is 5.32 Å². The predicted molar refractivity (Wildman–Crippen MR) is 44.6 cm³/mol. The van der Waals surface area contributed by atoms with E-state index in [-0.39, 0.29) is 19.4 Å². The Morgan fingerprint density at radius 3 is 2.38 bits per heavy atom. The number of amides is 1. The van der Waals surface area contributed by atoms with Crippen LogP contribution in [0.1, 0.15) is 12.8 Å². The molecule has 0 bridgehead atoms. The molecule has 5 nitrogen and oxygen atoms in total. The summed E-state index contributed by atoms with van der Waals surface area (Å²) in [6, 6.07) is 0. The van der Waals surface area contributed by atoms with E-state index in [0.717, 1.165) is 0 Å². The fourth-order valence-corrected chi connectivity index (χ4v) is 1.40. The molecule has 1 aliphatic heterocycles. The van der Waals surface area contributed by atoms with E-state index in [1.165, 1.54) is 5.32 Å². The third kappa shape index (κ3) is 2.63. The Morgan fingerprint density at radius 2 is 2.00 bits per heavy atom. The summed E-state index contributed by atoms with van der Waals surface area (Å²) in [5.41, 5.74) is -1.97. The number of alkyl halides is 3. The second-order valence-electron chi connectivity index (χ2n) is 3.50. The van der Waals surface area contributed by atoms with Gasteiger partial charge in [0, 0.05) is 6.61 Å². The molecule has 0 radical (unpaired) electrons. The Bertz CT molecular complexity index is 296. The number of hydrogen-bond donors (Lipinski definition) is 2. The third-order valence-electron chi connectivity index (χ3n) is 2.26. The van der Waals surface area contributed by atoms with Crippen molar-refractivity contribution in [3.05, 3.63) is 0 Å². The van der Waals surface area contributed by atoms with Crippen LogP contribution in [0.5, 0.6) is 0 Å². The van der Waals surface area contributed by atoms with Crippen LogP contribution in [0.4, 0.5) is 13.2 Å². The lowest BCUT2D eigenvalue weighted by atomic mass is 9.92. The van der Waals surface area contributed by atoms with Crippen LogP contribution in [0.2, 0.25) is 0 Å². The number of carboxylic acids is 1. The van der Waals surface area contributed by atoms with Gasteiger partial charge < -0.3 is 15.2 Å². The number of hydrogen-bond acceptors (Lipinski definition) is 3. The Morgan fingerprint density at radius 1 is 1.38 bits per heavy atom. The number of carboxylic acid groups (broad SMARTS) is 1. The lowest BCUT2D eigenvalue weighted by Gasteiger charge is -2.33. The molecule has 0 aromatic carbocycles. The average Bonchev–Trinajstić information content (AvgIpc) is 2.17. The van der Waals surface area contributed by atoms with Gasteiger partial charge in [0.1, 0.15) is 0 Å². The smallest absolute Gasteiger partial charge is 0.471 e. The van der Waals surface area contributed by atoms with Gasteiger partial charge in [-0.1, -0.05) is 0 Å². The van der Waals surface area contributed by atoms with Crippen LogP contribution >= 0.6 is 0 Å². The number of nitrogens with one attached hydrogen (secondary N) is 1. The zero-order chi connectivity index (χ0) is 12.4. The molecule has 2 N–H and O–H groups in total. The van der Waals surface area contributed by atoms with Crippen molar-refractivity contribution in [3.8, 4) is 0 Å². The van der Waals surface area contributed by atoms with E-state index in [4.69, 9.17) is 9.84 Å². The topological polar surface area (TPSA) is 75.6 Å². The van der Waals surface area contributed by atoms with Gasteiger partial charge >= 0.3 is 18.1 Å². The molecule has 1 atom stereocenters. The first-order valence-corrected chi connectivity index (χ1v) is 4.48. The van der Waals surface area contributed by atoms with Gasteiger partial charge in [0.05, 0.1) is 6.61 Å². The molecule has 1 heterocycles. The van der Waals surface area contributed by atoms with E-state index in [2.05, 4.69) is 0 Å². The van der Waals surface area contributed by atoms with Crippen molar-refractivity contribution in [3.63, 3.8) is 0 Å². The molecule has 1 unspecified atom stereocenters. The molecule has 0 aromatic heterocycles. The molecule has 92 valence electrons. The van der Waals surface area contributed by atoms with Gasteiger partial charge in [0.25, 0.3) is 0 Å². The quantitative estimate of drug-likeness (QED) is 0.729. The second-order valence-corrected chi connectivity index (χ2v) is 3.50. The van der Waals surface area contributed by atoms with E-state index in [1.807, 2.05) is 0 Å². The minimum atomic E-state index is -5.10. The highest BCUT2D eigenvalue weighted by atomic mass is 19.4. The Labute approximate surface area is 88.6 Å². The molecule has 1 fully saturated rings. The third-order valence-corrected chi connectivity index (χ3v) is 2.26. The zero-order valence-corrected chi connectivity index (χ0v) is 8.13. The highest BCUT2D eigenvalue weighted by Crippen LogP contribution is 2.23. The predicted octanol–water partition coefficient (Wildman–Crippen LogP) is 0.299. The van der Waals surface area contributed by atoms with Gasteiger partial charge in [0.15, 0.2) is 5.54 Å². The number of ether oxygens (including phenoxy) is 1. The summed E-state index contributed by atoms with van der Waals surface area (Å²) in [4.78, 5) is 21.6. The Kier molecular flexibility index (Phi) is 3.41. The lowest BCUT2D eigenvalue weighted by Crippen LogP contribution is -2.61. The summed E-state index contributed by atoms with van der Waals surface area (Å²) < 4.78 is 40.8. The minimum absolute atomic E-state index is 0.0792. The minimum Gasteiger partial charge on any atom is -0.479 e. The zero-order valence-electron chi connectivity index (χ0n) is 8.13. The Balaban J connectivity index is 2.79. The largest absolute Gasteiger partial charge is 0.479 e. The molecule has 1 rings (SSSR count). The van der Waals surface area contributed by atoms with Gasteiger partial charge in [0.2, 0.25) is 0 Å². The van der Waals surface area contributed by atoms with Crippen molar-refractivity contribution in [1.82, 2.24) is 5.32 Å². The molecular formula is C8H10F3NO4. The van der Waals surface area contributed by atoms with Crippen LogP contribution in [-0.2, 0) is 14.3 Å². The number of rotatable bonds is 2. The average molecular weight is 241 g/mol. The lowest BCUT2D eigenvalue weighted by molar-refractivity contribution is -0.180. The summed E-state index contributed by atoms with van der Waals surface area (Å²) >= 11 is 0. The highest BCUT2D eigenvalue weighted by molar-refractivity contribution is 5.89. The van der Waals surface area contributed by atoms with Crippen molar-refractivity contribution in [2.75, 3.05) is 13.2 Å². The van der Waals surface area contributed by atoms with Crippen LogP contribution in [0.15, 0.2) is 0 Å². The molecule has 0 spiro atoms. The SMILES string of the molecule is O=C(NC1(C(=O)O)CCCOC1)C(F)(F)F. The molecule has 8 heteroatoms. The van der Waals surface area contributed by atoms with E-state index >= 15 is 0 Å². The summed E-state index contributed by atoms with van der Waals surface area (Å²) in [5, 5.41) is 10.3. The van der Waals surface area contributed by atoms with Crippen molar-refractivity contribution in [1.29, 1.82) is 0 Å². The normalized spacial score (nSPS) is 26.2. The second kappa shape index (κ2) is 4.28. The van der Waals surface area contributed by atoms with Crippen LogP contribution in [0.3, 0.4) is 0 Å². The molecule has 1 saturated heterocycles. The number of halogens is 3. The Hall–Kier alpha value is -1.31. The summed E-state index contributed by atoms with van der Waals surface area (Å²) in [6.45, 7) is -0.179. The van der Waals surface area contributed by atoms with Crippen LogP contribution in [0, 0.1) is 0 Å². The van der Waals surface area contributed by atoms with Crippen molar-refractivity contribution < 1.29 is 32.6 Å². The van der Waals surface area contributed by atoms with Gasteiger partial charge in [-0.25, -0.2) is 4.79 Å². The van der Waals surface area contributed by atoms with E-state index < -0.39 is 30.2 Å². The fourth-order valence-electron chi connectivity index (χ4n) is 1.40. The first kappa shape index (κ1) is 12.8. The molecule has 0 aromatic rings. The highest BCUT2D eigenvalue weighted by Gasteiger charge is 2.48. The molecule has 16 heavy (non-hydrogen) atoms. The van der Waals surface area contributed by atoms with Crippen molar-refractivity contribution >= 4 is 11.9 Å². The standard InChI is InChI=1S/C8H10F3NO4/c9-8(10,11)5(13)12-7(6(14)15)2-1-3-16-4-7/h1-4H2,(H,12,13)(H,14,15). The summed E-state index contributed by atoms with van der Waals surface area (Å²) in [7, 11) is 0. The monoisotopic (exact) mass is 241 g/mol. The van der Waals surface area contributed by atoms with Gasteiger partial charge in [-0.05, 0) is 12.8 Å².